The van der Waals surface area contributed by atoms with Crippen LogP contribution in [-0.4, -0.2) is 44.7 Å². The highest BCUT2D eigenvalue weighted by Gasteiger charge is 2.51. The molecule has 3 aliphatic heterocycles. The first kappa shape index (κ1) is 82.0. The zero-order valence-electron chi connectivity index (χ0n) is 66.2. The number of rotatable bonds is 52. The Labute approximate surface area is 675 Å². The van der Waals surface area contributed by atoms with Gasteiger partial charge in [0.05, 0.1) is 32.3 Å². The van der Waals surface area contributed by atoms with Gasteiger partial charge in [-0.25, -0.2) is 9.97 Å². The van der Waals surface area contributed by atoms with Gasteiger partial charge in [-0.3, -0.25) is 9.59 Å². The molecule has 2 amide bonds. The molecule has 0 bridgehead atoms. The monoisotopic (exact) mass is 1560 g/mol. The molecule has 108 heavy (non-hydrogen) atoms. The van der Waals surface area contributed by atoms with Crippen LogP contribution in [0.2, 0.25) is 0 Å². The predicted molar refractivity (Wildman–Crippen MR) is 475 cm³/mol. The summed E-state index contributed by atoms with van der Waals surface area (Å²) in [4.78, 5) is 59.5. The van der Waals surface area contributed by atoms with Gasteiger partial charge in [0.2, 0.25) is 0 Å². The number of nitrogens with zero attached hydrogens (tertiary/aromatic N) is 4. The van der Waals surface area contributed by atoms with Gasteiger partial charge in [-0.2, -0.15) is 0 Å². The SMILES string of the molecule is CCCCCCCCCCCCC(CCCCCCCCCC)CN1C(=O)C2=C(c3ncc(-c4ccc(C5CC=C(C6CC=Cc7ccccc76)S5)s4)s3)N(CC(CCCCCCCCCC)CCCCCCCCCCCC)C(=O)C2=C1c1ncc(-c2ccc(-c3ccc(-c4cccc5ccccc45)s3)s2)s1. The van der Waals surface area contributed by atoms with Crippen LogP contribution in [0.15, 0.2) is 144 Å². The molecular formula is C96H126N4O2S6. The molecule has 4 unspecified atom stereocenters. The van der Waals surface area contributed by atoms with E-state index in [1.807, 2.05) is 40.2 Å². The van der Waals surface area contributed by atoms with Gasteiger partial charge in [-0.1, -0.05) is 344 Å². The van der Waals surface area contributed by atoms with E-state index in [1.54, 1.807) is 22.7 Å². The summed E-state index contributed by atoms with van der Waals surface area (Å²) in [6.07, 6.45) is 64.1. The van der Waals surface area contributed by atoms with Crippen LogP contribution in [0.1, 0.15) is 335 Å². The van der Waals surface area contributed by atoms with Crippen molar-refractivity contribution in [2.24, 2.45) is 11.8 Å². The van der Waals surface area contributed by atoms with Crippen LogP contribution < -0.4 is 0 Å². The van der Waals surface area contributed by atoms with Crippen molar-refractivity contribution in [3.8, 4) is 39.7 Å². The molecule has 12 rings (SSSR count). The summed E-state index contributed by atoms with van der Waals surface area (Å²) < 4.78 is 0. The molecule has 4 aliphatic rings. The quantitative estimate of drug-likeness (QED) is 0.0356. The number of carbonyl (C=O) groups excluding carboxylic acids is 2. The second-order valence-electron chi connectivity index (χ2n) is 31.9. The van der Waals surface area contributed by atoms with E-state index in [2.05, 4.69) is 177 Å². The fourth-order valence-corrected chi connectivity index (χ4v) is 24.1. The van der Waals surface area contributed by atoms with Crippen LogP contribution in [0.3, 0.4) is 0 Å². The van der Waals surface area contributed by atoms with E-state index in [9.17, 15) is 0 Å². The third kappa shape index (κ3) is 22.5. The normalized spacial score (nSPS) is 16.4. The van der Waals surface area contributed by atoms with Crippen LogP contribution >= 0.6 is 68.4 Å². The van der Waals surface area contributed by atoms with Crippen LogP contribution in [0.25, 0.3) is 67.9 Å². The van der Waals surface area contributed by atoms with Crippen molar-refractivity contribution in [1.82, 2.24) is 19.8 Å². The topological polar surface area (TPSA) is 66.4 Å². The summed E-state index contributed by atoms with van der Waals surface area (Å²) in [5, 5.41) is 4.45. The zero-order chi connectivity index (χ0) is 74.5. The van der Waals surface area contributed by atoms with Crippen LogP contribution in [0, 0.1) is 11.8 Å². The van der Waals surface area contributed by atoms with Crippen molar-refractivity contribution in [3.05, 3.63) is 170 Å². The highest BCUT2D eigenvalue weighted by Crippen LogP contribution is 2.55. The third-order valence-corrected chi connectivity index (χ3v) is 31.1. The average molecular weight is 1560 g/mol. The second kappa shape index (κ2) is 44.1. The number of aromatic nitrogens is 2. The summed E-state index contributed by atoms with van der Waals surface area (Å²) in [5.74, 6) is 0.937. The van der Waals surface area contributed by atoms with E-state index in [4.69, 9.17) is 9.97 Å². The molecule has 12 heteroatoms. The highest BCUT2D eigenvalue weighted by atomic mass is 32.2. The summed E-state index contributed by atoms with van der Waals surface area (Å²) >= 11 is 11.0. The Bertz CT molecular complexity index is 4200. The fraction of sp³-hybridized carbons (Fsp3) is 0.542. The molecule has 5 aromatic heterocycles. The number of thiazole rings is 2. The van der Waals surface area contributed by atoms with Gasteiger partial charge in [0.1, 0.15) is 10.0 Å². The van der Waals surface area contributed by atoms with Crippen molar-refractivity contribution in [2.75, 3.05) is 13.1 Å². The lowest BCUT2D eigenvalue weighted by Gasteiger charge is -2.29. The molecule has 0 saturated heterocycles. The lowest BCUT2D eigenvalue weighted by Crippen LogP contribution is -2.35. The lowest BCUT2D eigenvalue weighted by molar-refractivity contribution is -0.124. The highest BCUT2D eigenvalue weighted by molar-refractivity contribution is 8.03. The Kier molecular flexibility index (Phi) is 33.5. The number of hydrogen-bond acceptors (Lipinski definition) is 10. The van der Waals surface area contributed by atoms with Gasteiger partial charge in [-0.05, 0) is 119 Å². The average Bonchev–Trinajstić information content (AvgIpc) is 1.55. The predicted octanol–water partition coefficient (Wildman–Crippen LogP) is 31.6. The molecule has 4 atom stereocenters. The maximum atomic E-state index is 16.7. The molecule has 6 nitrogen and oxygen atoms in total. The maximum absolute atomic E-state index is 16.7. The summed E-state index contributed by atoms with van der Waals surface area (Å²) in [7, 11) is 0. The van der Waals surface area contributed by atoms with Crippen molar-refractivity contribution in [2.45, 2.75) is 309 Å². The van der Waals surface area contributed by atoms with Crippen molar-refractivity contribution < 1.29 is 9.59 Å². The van der Waals surface area contributed by atoms with Gasteiger partial charge in [-0.15, -0.1) is 68.4 Å². The van der Waals surface area contributed by atoms with Crippen LogP contribution in [-0.2, 0) is 9.59 Å². The summed E-state index contributed by atoms with van der Waals surface area (Å²) in [6, 6.07) is 38.0. The number of thioether (sulfide) groups is 1. The first-order valence-corrected chi connectivity index (χ1v) is 48.2. The molecule has 3 aromatic carbocycles. The van der Waals surface area contributed by atoms with Crippen LogP contribution in [0.4, 0.5) is 0 Å². The molecule has 0 saturated carbocycles. The van der Waals surface area contributed by atoms with E-state index < -0.39 is 0 Å². The van der Waals surface area contributed by atoms with E-state index in [-0.39, 0.29) is 11.8 Å². The first-order valence-electron chi connectivity index (χ1n) is 43.3. The van der Waals surface area contributed by atoms with Crippen LogP contribution in [0.5, 0.6) is 0 Å². The van der Waals surface area contributed by atoms with Gasteiger partial charge in [0.25, 0.3) is 11.8 Å². The summed E-state index contributed by atoms with van der Waals surface area (Å²) in [5.41, 5.74) is 6.65. The largest absolute Gasteiger partial charge is 0.304 e. The molecular weight excluding hydrogens is 1430 g/mol. The van der Waals surface area contributed by atoms with E-state index in [1.165, 1.54) is 269 Å². The van der Waals surface area contributed by atoms with E-state index in [0.29, 0.717) is 47.2 Å². The van der Waals surface area contributed by atoms with E-state index in [0.717, 1.165) is 93.8 Å². The Morgan fingerprint density at radius 2 is 0.806 bits per heavy atom. The molecule has 0 radical (unpaired) electrons. The number of unbranched alkanes of at least 4 members (excludes halogenated alkanes) is 32. The molecule has 0 fully saturated rings. The number of allylic oxidation sites excluding steroid dienone is 3. The Morgan fingerprint density at radius 1 is 0.398 bits per heavy atom. The Hall–Kier alpha value is -5.47. The molecule has 0 N–H and O–H groups in total. The van der Waals surface area contributed by atoms with Gasteiger partial charge < -0.3 is 9.80 Å². The van der Waals surface area contributed by atoms with Gasteiger partial charge in [0.15, 0.2) is 0 Å². The standard InChI is InChI=1S/C96H126N4O2S6/c1-5-9-13-17-21-25-27-31-35-39-49-71(47-37-33-29-23-19-15-11-7-3)69-99-91(93-97-67-87(107-93)85-65-63-83(105-85)81-61-59-79(103-81)77-57-45-53-73-51-41-43-55-75(73)77)89-90(95(99)101)92(100(96(89)102)70-72(48-38-34-30-24-20-16-12-8-4)50-40-36-32-28-26-22-18-14-10-6-2)94-98-68-88(108-94)86-66-64-84(106-86)82-62-60-80(104-82)78-58-46-54-74-52-42-44-56-76(74)78/h41-46,51-57,59-61,63-68,71-72,78,82H,5-40,47-50,58,62,69-70H2,1-4H3. The lowest BCUT2D eigenvalue weighted by atomic mass is 9.86. The van der Waals surface area contributed by atoms with Gasteiger partial charge >= 0.3 is 0 Å². The van der Waals surface area contributed by atoms with Gasteiger partial charge in [0, 0.05) is 65.9 Å². The molecule has 578 valence electrons. The third-order valence-electron chi connectivity index (χ3n) is 23.5. The van der Waals surface area contributed by atoms with E-state index >= 15 is 9.59 Å². The number of benzene rings is 3. The number of carbonyl (C=O) groups is 2. The minimum Gasteiger partial charge on any atom is -0.304 e. The summed E-state index contributed by atoms with van der Waals surface area (Å²) in [6.45, 7) is 10.4. The number of fused-ring (bicyclic) bond motifs is 3. The number of thiophene rings is 3. The zero-order valence-corrected chi connectivity index (χ0v) is 71.1. The molecule has 0 spiro atoms. The Balaban J connectivity index is 0.880. The minimum atomic E-state index is -0.0354. The van der Waals surface area contributed by atoms with Crippen molar-refractivity contribution in [3.63, 3.8) is 0 Å². The smallest absolute Gasteiger partial charge is 0.261 e. The second-order valence-corrected chi connectivity index (χ2v) is 38.5. The number of hydrogen-bond donors (Lipinski definition) is 0. The number of amides is 2. The fourth-order valence-electron chi connectivity index (χ4n) is 17.2. The Morgan fingerprint density at radius 3 is 1.31 bits per heavy atom. The minimum absolute atomic E-state index is 0.0354. The molecule has 8 aromatic rings. The molecule has 1 aliphatic carbocycles. The van der Waals surface area contributed by atoms with Crippen molar-refractivity contribution >= 4 is 109 Å². The van der Waals surface area contributed by atoms with Crippen molar-refractivity contribution in [1.29, 1.82) is 0 Å². The first-order chi connectivity index (χ1) is 53.3. The molecule has 8 heterocycles. The maximum Gasteiger partial charge on any atom is 0.261 e.